The van der Waals surface area contributed by atoms with Gasteiger partial charge in [-0.3, -0.25) is 4.79 Å². The minimum absolute atomic E-state index is 0.192. The number of carbonyl (C=O) groups excluding carboxylic acids is 1. The van der Waals surface area contributed by atoms with Crippen LogP contribution in [0.25, 0.3) is 0 Å². The average molecular weight is 341 g/mol. The van der Waals surface area contributed by atoms with Gasteiger partial charge in [-0.25, -0.2) is 4.98 Å². The highest BCUT2D eigenvalue weighted by molar-refractivity contribution is 5.92. The number of rotatable bonds is 6. The Balaban J connectivity index is 1.60. The molecule has 0 atom stereocenters. The number of aromatic nitrogens is 1. The molecule has 1 aromatic carbocycles. The minimum Gasteiger partial charge on any atom is -0.493 e. The number of carbonyl (C=O) groups is 1. The number of anilines is 1. The molecule has 0 radical (unpaired) electrons. The van der Waals surface area contributed by atoms with E-state index in [4.69, 9.17) is 9.47 Å². The lowest BCUT2D eigenvalue weighted by molar-refractivity contribution is 0.0946. The minimum atomic E-state index is -0.192. The molecule has 1 fully saturated rings. The van der Waals surface area contributed by atoms with Crippen molar-refractivity contribution in [2.45, 2.75) is 19.4 Å². The van der Waals surface area contributed by atoms with Gasteiger partial charge in [-0.1, -0.05) is 6.07 Å². The van der Waals surface area contributed by atoms with Crippen LogP contribution in [0.2, 0.25) is 0 Å². The molecule has 6 heteroatoms. The van der Waals surface area contributed by atoms with Crippen LogP contribution in [-0.4, -0.2) is 38.2 Å². The van der Waals surface area contributed by atoms with E-state index in [-0.39, 0.29) is 5.91 Å². The Kier molecular flexibility index (Phi) is 5.38. The summed E-state index contributed by atoms with van der Waals surface area (Å²) in [6.07, 6.45) is 4.21. The Morgan fingerprint density at radius 2 is 1.88 bits per heavy atom. The number of nitrogens with one attached hydrogen (secondary N) is 1. The van der Waals surface area contributed by atoms with Crippen molar-refractivity contribution in [2.24, 2.45) is 0 Å². The smallest absolute Gasteiger partial charge is 0.270 e. The highest BCUT2D eigenvalue weighted by Gasteiger charge is 2.14. The fourth-order valence-electron chi connectivity index (χ4n) is 2.95. The monoisotopic (exact) mass is 341 g/mol. The van der Waals surface area contributed by atoms with Gasteiger partial charge in [0.15, 0.2) is 11.5 Å². The fourth-order valence-corrected chi connectivity index (χ4v) is 2.95. The first kappa shape index (κ1) is 17.1. The van der Waals surface area contributed by atoms with Crippen LogP contribution in [0.4, 0.5) is 5.69 Å². The van der Waals surface area contributed by atoms with E-state index in [0.717, 1.165) is 24.3 Å². The fraction of sp³-hybridized carbons (Fsp3) is 0.368. The molecule has 2 heterocycles. The van der Waals surface area contributed by atoms with E-state index in [1.165, 1.54) is 12.8 Å². The summed E-state index contributed by atoms with van der Waals surface area (Å²) in [4.78, 5) is 18.9. The van der Waals surface area contributed by atoms with E-state index in [2.05, 4.69) is 15.2 Å². The van der Waals surface area contributed by atoms with Crippen molar-refractivity contribution in [2.75, 3.05) is 32.2 Å². The Morgan fingerprint density at radius 1 is 1.12 bits per heavy atom. The first-order chi connectivity index (χ1) is 12.2. The molecule has 1 aliphatic rings. The molecule has 0 aliphatic carbocycles. The molecule has 0 unspecified atom stereocenters. The van der Waals surface area contributed by atoms with Gasteiger partial charge in [0.1, 0.15) is 5.69 Å². The number of nitrogens with zero attached hydrogens (tertiary/aromatic N) is 2. The third-order valence-electron chi connectivity index (χ3n) is 4.35. The first-order valence-corrected chi connectivity index (χ1v) is 8.41. The molecule has 0 saturated carbocycles. The molecular weight excluding hydrogens is 318 g/mol. The predicted octanol–water partition coefficient (Wildman–Crippen LogP) is 2.63. The second kappa shape index (κ2) is 7.88. The van der Waals surface area contributed by atoms with Crippen LogP contribution in [0.3, 0.4) is 0 Å². The zero-order valence-electron chi connectivity index (χ0n) is 14.6. The van der Waals surface area contributed by atoms with E-state index < -0.39 is 0 Å². The molecule has 1 N–H and O–H groups in total. The van der Waals surface area contributed by atoms with Gasteiger partial charge in [-0.2, -0.15) is 0 Å². The SMILES string of the molecule is COc1ccc(CNC(=O)c2ccc(N3CCCC3)cn2)cc1OC. The van der Waals surface area contributed by atoms with Crippen LogP contribution in [0, 0.1) is 0 Å². The maximum Gasteiger partial charge on any atom is 0.270 e. The first-order valence-electron chi connectivity index (χ1n) is 8.41. The number of methoxy groups -OCH3 is 2. The number of hydrogen-bond donors (Lipinski definition) is 1. The number of pyridine rings is 1. The molecule has 3 rings (SSSR count). The highest BCUT2D eigenvalue weighted by atomic mass is 16.5. The number of ether oxygens (including phenoxy) is 2. The lowest BCUT2D eigenvalue weighted by Crippen LogP contribution is -2.24. The Bertz CT molecular complexity index is 725. The van der Waals surface area contributed by atoms with E-state index in [1.54, 1.807) is 26.5 Å². The van der Waals surface area contributed by atoms with Gasteiger partial charge in [0.2, 0.25) is 0 Å². The number of benzene rings is 1. The van der Waals surface area contributed by atoms with Crippen molar-refractivity contribution in [1.82, 2.24) is 10.3 Å². The van der Waals surface area contributed by atoms with Gasteiger partial charge in [0.05, 0.1) is 26.1 Å². The molecule has 0 bridgehead atoms. The lowest BCUT2D eigenvalue weighted by atomic mass is 10.2. The normalized spacial score (nSPS) is 13.6. The molecule has 132 valence electrons. The molecule has 6 nitrogen and oxygen atoms in total. The average Bonchev–Trinajstić information content (AvgIpc) is 3.20. The second-order valence-corrected chi connectivity index (χ2v) is 5.97. The van der Waals surface area contributed by atoms with Crippen molar-refractivity contribution >= 4 is 11.6 Å². The molecule has 1 aliphatic heterocycles. The largest absolute Gasteiger partial charge is 0.493 e. The Labute approximate surface area is 147 Å². The van der Waals surface area contributed by atoms with Gasteiger partial charge in [0.25, 0.3) is 5.91 Å². The summed E-state index contributed by atoms with van der Waals surface area (Å²) in [6.45, 7) is 2.52. The topological polar surface area (TPSA) is 63.7 Å². The summed E-state index contributed by atoms with van der Waals surface area (Å²) in [5, 5.41) is 2.88. The lowest BCUT2D eigenvalue weighted by Gasteiger charge is -2.17. The van der Waals surface area contributed by atoms with Crippen LogP contribution < -0.4 is 19.7 Å². The molecule has 1 saturated heterocycles. The Morgan fingerprint density at radius 3 is 2.52 bits per heavy atom. The summed E-state index contributed by atoms with van der Waals surface area (Å²) in [6, 6.07) is 9.30. The number of amides is 1. The molecule has 2 aromatic rings. The van der Waals surface area contributed by atoms with Gasteiger partial charge in [-0.15, -0.1) is 0 Å². The van der Waals surface area contributed by atoms with E-state index in [1.807, 2.05) is 24.3 Å². The third kappa shape index (κ3) is 4.02. The van der Waals surface area contributed by atoms with E-state index >= 15 is 0 Å². The van der Waals surface area contributed by atoms with Crippen molar-refractivity contribution < 1.29 is 14.3 Å². The van der Waals surface area contributed by atoms with Crippen LogP contribution in [0.15, 0.2) is 36.5 Å². The maximum absolute atomic E-state index is 12.3. The summed E-state index contributed by atoms with van der Waals surface area (Å²) in [5.41, 5.74) is 2.43. The second-order valence-electron chi connectivity index (χ2n) is 5.97. The predicted molar refractivity (Wildman–Crippen MR) is 96.4 cm³/mol. The molecule has 25 heavy (non-hydrogen) atoms. The molecule has 1 aromatic heterocycles. The van der Waals surface area contributed by atoms with Crippen LogP contribution in [0.5, 0.6) is 11.5 Å². The summed E-state index contributed by atoms with van der Waals surface area (Å²) >= 11 is 0. The van der Waals surface area contributed by atoms with Gasteiger partial charge in [-0.05, 0) is 42.7 Å². The van der Waals surface area contributed by atoms with Gasteiger partial charge < -0.3 is 19.7 Å². The van der Waals surface area contributed by atoms with Gasteiger partial charge in [0, 0.05) is 19.6 Å². The number of hydrogen-bond acceptors (Lipinski definition) is 5. The van der Waals surface area contributed by atoms with Crippen molar-refractivity contribution in [3.8, 4) is 11.5 Å². The van der Waals surface area contributed by atoms with Crippen molar-refractivity contribution in [1.29, 1.82) is 0 Å². The van der Waals surface area contributed by atoms with Crippen LogP contribution >= 0.6 is 0 Å². The zero-order chi connectivity index (χ0) is 17.6. The summed E-state index contributed by atoms with van der Waals surface area (Å²) in [7, 11) is 3.18. The summed E-state index contributed by atoms with van der Waals surface area (Å²) in [5.74, 6) is 1.11. The quantitative estimate of drug-likeness (QED) is 0.875. The zero-order valence-corrected chi connectivity index (χ0v) is 14.6. The Hall–Kier alpha value is -2.76. The standard InChI is InChI=1S/C19H23N3O3/c1-24-17-8-5-14(11-18(17)25-2)12-21-19(23)16-7-6-15(13-20-16)22-9-3-4-10-22/h5-8,11,13H,3-4,9-10,12H2,1-2H3,(H,21,23). The van der Waals surface area contributed by atoms with E-state index in [9.17, 15) is 4.79 Å². The van der Waals surface area contributed by atoms with Crippen molar-refractivity contribution in [3.05, 3.63) is 47.8 Å². The van der Waals surface area contributed by atoms with Crippen LogP contribution in [-0.2, 0) is 6.54 Å². The van der Waals surface area contributed by atoms with Gasteiger partial charge >= 0.3 is 0 Å². The van der Waals surface area contributed by atoms with E-state index in [0.29, 0.717) is 23.7 Å². The molecule has 0 spiro atoms. The maximum atomic E-state index is 12.3. The third-order valence-corrected chi connectivity index (χ3v) is 4.35. The van der Waals surface area contributed by atoms with Crippen molar-refractivity contribution in [3.63, 3.8) is 0 Å². The molecular formula is C19H23N3O3. The molecule has 1 amide bonds. The summed E-state index contributed by atoms with van der Waals surface area (Å²) < 4.78 is 10.5. The van der Waals surface area contributed by atoms with Crippen LogP contribution in [0.1, 0.15) is 28.9 Å². The highest BCUT2D eigenvalue weighted by Crippen LogP contribution is 2.27.